The largest absolute Gasteiger partial charge is 0.490 e. The Balaban J connectivity index is 2.80. The maximum Gasteiger partial charge on any atom is 0.165 e. The van der Waals surface area contributed by atoms with E-state index in [1.54, 1.807) is 6.07 Å². The molecule has 0 aromatic heterocycles. The second-order valence-electron chi connectivity index (χ2n) is 5.14. The van der Waals surface area contributed by atoms with Gasteiger partial charge in [-0.25, -0.2) is 4.39 Å². The van der Waals surface area contributed by atoms with Gasteiger partial charge in [0.25, 0.3) is 0 Å². The first-order chi connectivity index (χ1) is 9.10. The molecular formula is C16H26FNO. The average molecular weight is 267 g/mol. The normalized spacial score (nSPS) is 14.2. The molecule has 1 aromatic rings. The van der Waals surface area contributed by atoms with Crippen LogP contribution < -0.4 is 10.1 Å². The van der Waals surface area contributed by atoms with Crippen molar-refractivity contribution in [3.63, 3.8) is 0 Å². The summed E-state index contributed by atoms with van der Waals surface area (Å²) in [5.74, 6) is 0.580. The Morgan fingerprint density at radius 1 is 1.26 bits per heavy atom. The van der Waals surface area contributed by atoms with Crippen LogP contribution in [-0.2, 0) is 0 Å². The molecule has 0 saturated heterocycles. The van der Waals surface area contributed by atoms with Gasteiger partial charge in [0.15, 0.2) is 11.6 Å². The Bertz CT molecular complexity index is 381. The van der Waals surface area contributed by atoms with Gasteiger partial charge in [0.2, 0.25) is 0 Å². The maximum absolute atomic E-state index is 13.9. The lowest BCUT2D eigenvalue weighted by Crippen LogP contribution is -2.19. The molecule has 0 heterocycles. The molecule has 1 rings (SSSR count). The predicted molar refractivity (Wildman–Crippen MR) is 78.1 cm³/mol. The van der Waals surface area contributed by atoms with Crippen LogP contribution >= 0.6 is 0 Å². The Morgan fingerprint density at radius 3 is 2.63 bits per heavy atom. The lowest BCUT2D eigenvalue weighted by Gasteiger charge is -2.19. The van der Waals surface area contributed by atoms with Crippen molar-refractivity contribution in [2.45, 2.75) is 46.6 Å². The minimum absolute atomic E-state index is 0.0946. The van der Waals surface area contributed by atoms with Crippen molar-refractivity contribution in [1.82, 2.24) is 5.32 Å². The molecule has 0 fully saturated rings. The van der Waals surface area contributed by atoms with Gasteiger partial charge in [0.05, 0.1) is 6.61 Å². The van der Waals surface area contributed by atoms with E-state index < -0.39 is 0 Å². The van der Waals surface area contributed by atoms with Crippen LogP contribution in [-0.4, -0.2) is 13.2 Å². The highest BCUT2D eigenvalue weighted by Crippen LogP contribution is 2.28. The highest BCUT2D eigenvalue weighted by molar-refractivity contribution is 5.37. The summed E-state index contributed by atoms with van der Waals surface area (Å²) in [7, 11) is 0. The van der Waals surface area contributed by atoms with Gasteiger partial charge >= 0.3 is 0 Å². The predicted octanol–water partition coefficient (Wildman–Crippen LogP) is 4.31. The summed E-state index contributed by atoms with van der Waals surface area (Å²) in [5.41, 5.74) is 0.894. The van der Waals surface area contributed by atoms with Crippen molar-refractivity contribution >= 4 is 0 Å². The number of hydrogen-bond acceptors (Lipinski definition) is 2. The molecule has 108 valence electrons. The number of hydrogen-bond donors (Lipinski definition) is 1. The highest BCUT2D eigenvalue weighted by atomic mass is 19.1. The monoisotopic (exact) mass is 267 g/mol. The lowest BCUT2D eigenvalue weighted by molar-refractivity contribution is 0.237. The molecule has 19 heavy (non-hydrogen) atoms. The number of halogens is 1. The van der Waals surface area contributed by atoms with Crippen LogP contribution in [0, 0.1) is 11.7 Å². The van der Waals surface area contributed by atoms with E-state index in [0.717, 1.165) is 24.9 Å². The van der Waals surface area contributed by atoms with E-state index in [2.05, 4.69) is 19.2 Å². The molecular weight excluding hydrogens is 241 g/mol. The van der Waals surface area contributed by atoms with E-state index in [9.17, 15) is 4.39 Å². The molecule has 0 spiro atoms. The Hall–Kier alpha value is -1.09. The van der Waals surface area contributed by atoms with Gasteiger partial charge in [-0.3, -0.25) is 0 Å². The Kier molecular flexibility index (Phi) is 6.85. The first kappa shape index (κ1) is 16.0. The molecule has 1 N–H and O–H groups in total. The van der Waals surface area contributed by atoms with Gasteiger partial charge < -0.3 is 10.1 Å². The van der Waals surface area contributed by atoms with Crippen LogP contribution in [0.25, 0.3) is 0 Å². The summed E-state index contributed by atoms with van der Waals surface area (Å²) < 4.78 is 19.7. The topological polar surface area (TPSA) is 21.3 Å². The lowest BCUT2D eigenvalue weighted by atomic mass is 10.1. The molecule has 0 aliphatic carbocycles. The third kappa shape index (κ3) is 4.83. The molecule has 2 atom stereocenters. The molecule has 2 unspecified atom stereocenters. The average Bonchev–Trinajstić information content (AvgIpc) is 2.37. The number of ether oxygens (including phenoxy) is 1. The van der Waals surface area contributed by atoms with Gasteiger partial charge in [0, 0.05) is 11.6 Å². The van der Waals surface area contributed by atoms with Crippen molar-refractivity contribution in [2.24, 2.45) is 5.92 Å². The fourth-order valence-corrected chi connectivity index (χ4v) is 2.24. The minimum Gasteiger partial charge on any atom is -0.490 e. The first-order valence-corrected chi connectivity index (χ1v) is 7.24. The Morgan fingerprint density at radius 2 is 2.00 bits per heavy atom. The smallest absolute Gasteiger partial charge is 0.165 e. The zero-order valence-corrected chi connectivity index (χ0v) is 12.5. The van der Waals surface area contributed by atoms with Crippen molar-refractivity contribution in [1.29, 1.82) is 0 Å². The summed E-state index contributed by atoms with van der Waals surface area (Å²) >= 11 is 0. The van der Waals surface area contributed by atoms with E-state index in [1.165, 1.54) is 6.07 Å². The molecule has 0 saturated carbocycles. The van der Waals surface area contributed by atoms with Crippen molar-refractivity contribution in [3.05, 3.63) is 29.6 Å². The second kappa shape index (κ2) is 8.16. The van der Waals surface area contributed by atoms with Crippen LogP contribution in [0.15, 0.2) is 18.2 Å². The number of nitrogens with one attached hydrogen (secondary N) is 1. The molecule has 0 bridgehead atoms. The van der Waals surface area contributed by atoms with Gasteiger partial charge in [0.1, 0.15) is 0 Å². The van der Waals surface area contributed by atoms with Gasteiger partial charge in [-0.2, -0.15) is 0 Å². The van der Waals surface area contributed by atoms with E-state index in [-0.39, 0.29) is 11.9 Å². The fraction of sp³-hybridized carbons (Fsp3) is 0.625. The molecule has 0 radical (unpaired) electrons. The summed E-state index contributed by atoms with van der Waals surface area (Å²) in [6.45, 7) is 9.78. The van der Waals surface area contributed by atoms with Crippen LogP contribution in [0.4, 0.5) is 4.39 Å². The number of para-hydroxylation sites is 1. The van der Waals surface area contributed by atoms with Crippen LogP contribution in [0.5, 0.6) is 5.75 Å². The fourth-order valence-electron chi connectivity index (χ4n) is 2.24. The van der Waals surface area contributed by atoms with Crippen molar-refractivity contribution < 1.29 is 9.13 Å². The standard InChI is InChI=1S/C16H26FNO/c1-5-8-12(3)11-19-16-14(13(4)18-6-2)9-7-10-15(16)17/h7,9-10,12-13,18H,5-6,8,11H2,1-4H3. The highest BCUT2D eigenvalue weighted by Gasteiger charge is 2.15. The summed E-state index contributed by atoms with van der Waals surface area (Å²) in [6, 6.07) is 5.22. The van der Waals surface area contributed by atoms with Crippen LogP contribution in [0.3, 0.4) is 0 Å². The third-order valence-electron chi connectivity index (χ3n) is 3.27. The molecule has 3 heteroatoms. The Labute approximate surface area is 116 Å². The van der Waals surface area contributed by atoms with Gasteiger partial charge in [-0.05, 0) is 31.9 Å². The van der Waals surface area contributed by atoms with Crippen LogP contribution in [0.1, 0.15) is 52.1 Å². The van der Waals surface area contributed by atoms with E-state index in [1.807, 2.05) is 19.9 Å². The van der Waals surface area contributed by atoms with Gasteiger partial charge in [-0.1, -0.05) is 39.3 Å². The summed E-state index contributed by atoms with van der Waals surface area (Å²) in [4.78, 5) is 0. The molecule has 0 aliphatic rings. The zero-order valence-electron chi connectivity index (χ0n) is 12.5. The zero-order chi connectivity index (χ0) is 14.3. The van der Waals surface area contributed by atoms with E-state index in [4.69, 9.17) is 4.74 Å². The van der Waals surface area contributed by atoms with Crippen molar-refractivity contribution in [2.75, 3.05) is 13.2 Å². The second-order valence-corrected chi connectivity index (χ2v) is 5.14. The van der Waals surface area contributed by atoms with Crippen LogP contribution in [0.2, 0.25) is 0 Å². The van der Waals surface area contributed by atoms with E-state index >= 15 is 0 Å². The third-order valence-corrected chi connectivity index (χ3v) is 3.27. The van der Waals surface area contributed by atoms with Gasteiger partial charge in [-0.15, -0.1) is 0 Å². The number of rotatable bonds is 8. The molecule has 2 nitrogen and oxygen atoms in total. The molecule has 1 aromatic carbocycles. The number of benzene rings is 1. The van der Waals surface area contributed by atoms with Crippen molar-refractivity contribution in [3.8, 4) is 5.75 Å². The first-order valence-electron chi connectivity index (χ1n) is 7.24. The minimum atomic E-state index is -0.272. The molecule has 0 aliphatic heterocycles. The summed E-state index contributed by atoms with van der Waals surface area (Å²) in [6.07, 6.45) is 2.23. The SMILES string of the molecule is CCCC(C)COc1c(F)cccc1C(C)NCC. The van der Waals surface area contributed by atoms with E-state index in [0.29, 0.717) is 18.3 Å². The summed E-state index contributed by atoms with van der Waals surface area (Å²) in [5, 5.41) is 3.30. The molecule has 0 amide bonds. The quantitative estimate of drug-likeness (QED) is 0.757. The maximum atomic E-state index is 13.9.